The first-order valence-electron chi connectivity index (χ1n) is 10.6. The Hall–Kier alpha value is -1.92. The Bertz CT molecular complexity index is 668. The molecule has 0 aromatic heterocycles. The van der Waals surface area contributed by atoms with Gasteiger partial charge in [-0.15, -0.1) is 0 Å². The molecule has 2 amide bonds. The Morgan fingerprint density at radius 1 is 1.11 bits per heavy atom. The second kappa shape index (κ2) is 9.52. The lowest BCUT2D eigenvalue weighted by Crippen LogP contribution is -2.40. The summed E-state index contributed by atoms with van der Waals surface area (Å²) in [6, 6.07) is 8.00. The number of anilines is 1. The van der Waals surface area contributed by atoms with Crippen LogP contribution in [0.15, 0.2) is 24.3 Å². The van der Waals surface area contributed by atoms with Crippen LogP contribution in [0.5, 0.6) is 0 Å². The number of amides is 2. The van der Waals surface area contributed by atoms with Crippen molar-refractivity contribution in [3.05, 3.63) is 29.8 Å². The van der Waals surface area contributed by atoms with Gasteiger partial charge in [-0.3, -0.25) is 14.5 Å². The topological polar surface area (TPSA) is 101 Å². The highest BCUT2D eigenvalue weighted by molar-refractivity contribution is 5.91. The summed E-state index contributed by atoms with van der Waals surface area (Å²) in [5.41, 5.74) is 13.4. The summed E-state index contributed by atoms with van der Waals surface area (Å²) >= 11 is 0. The number of rotatable bonds is 7. The molecule has 2 aliphatic rings. The number of primary amides is 1. The van der Waals surface area contributed by atoms with E-state index in [1.54, 1.807) is 0 Å². The van der Waals surface area contributed by atoms with Crippen LogP contribution < -0.4 is 16.8 Å². The van der Waals surface area contributed by atoms with E-state index in [9.17, 15) is 9.59 Å². The molecule has 2 fully saturated rings. The lowest BCUT2D eigenvalue weighted by atomic mass is 9.71. The molecule has 0 bridgehead atoms. The molecule has 1 saturated carbocycles. The second-order valence-electron chi connectivity index (χ2n) is 8.66. The van der Waals surface area contributed by atoms with Crippen molar-refractivity contribution in [2.24, 2.45) is 22.8 Å². The van der Waals surface area contributed by atoms with Crippen molar-refractivity contribution in [3.8, 4) is 0 Å². The fraction of sp³-hybridized carbons (Fsp3) is 0.636. The fourth-order valence-corrected chi connectivity index (χ4v) is 4.68. The van der Waals surface area contributed by atoms with E-state index in [0.29, 0.717) is 13.0 Å². The van der Waals surface area contributed by atoms with Crippen molar-refractivity contribution in [2.75, 3.05) is 25.0 Å². The zero-order valence-corrected chi connectivity index (χ0v) is 16.8. The minimum atomic E-state index is -0.198. The molecule has 1 saturated heterocycles. The maximum atomic E-state index is 12.5. The van der Waals surface area contributed by atoms with Gasteiger partial charge >= 0.3 is 0 Å². The van der Waals surface area contributed by atoms with Crippen LogP contribution in [0.25, 0.3) is 0 Å². The summed E-state index contributed by atoms with van der Waals surface area (Å²) in [6.07, 6.45) is 8.11. The first-order valence-corrected chi connectivity index (χ1v) is 10.6. The molecule has 1 aromatic carbocycles. The summed E-state index contributed by atoms with van der Waals surface area (Å²) < 4.78 is 0. The van der Waals surface area contributed by atoms with Crippen LogP contribution in [0.1, 0.15) is 56.9 Å². The van der Waals surface area contributed by atoms with E-state index in [2.05, 4.69) is 10.2 Å². The van der Waals surface area contributed by atoms with E-state index in [1.807, 2.05) is 24.3 Å². The molecule has 5 N–H and O–H groups in total. The van der Waals surface area contributed by atoms with Gasteiger partial charge in [-0.1, -0.05) is 31.4 Å². The molecule has 1 aliphatic heterocycles. The zero-order chi connectivity index (χ0) is 20.0. The number of carbonyl (C=O) groups excluding carboxylic acids is 2. The number of hydrogen-bond donors (Lipinski definition) is 3. The van der Waals surface area contributed by atoms with Gasteiger partial charge in [0.1, 0.15) is 0 Å². The monoisotopic (exact) mass is 386 g/mol. The summed E-state index contributed by atoms with van der Waals surface area (Å²) in [5, 5.41) is 3.03. The van der Waals surface area contributed by atoms with Crippen LogP contribution in [0.3, 0.4) is 0 Å². The first kappa shape index (κ1) is 20.8. The summed E-state index contributed by atoms with van der Waals surface area (Å²) in [4.78, 5) is 26.2. The zero-order valence-electron chi connectivity index (χ0n) is 16.8. The minimum absolute atomic E-state index is 0.0203. The molecule has 6 nitrogen and oxygen atoms in total. The van der Waals surface area contributed by atoms with Crippen LogP contribution in [0.2, 0.25) is 0 Å². The SMILES string of the molecule is NCC1(CC(=O)Nc2ccc(CN3CCCC(C(N)=O)C3)cc2)CCCCC1. The van der Waals surface area contributed by atoms with E-state index in [1.165, 1.54) is 24.8 Å². The number of nitrogens with zero attached hydrogens (tertiary/aromatic N) is 1. The average Bonchev–Trinajstić information content (AvgIpc) is 2.70. The van der Waals surface area contributed by atoms with Gasteiger partial charge in [0.2, 0.25) is 11.8 Å². The molecular weight excluding hydrogens is 352 g/mol. The summed E-state index contributed by atoms with van der Waals surface area (Å²) in [6.45, 7) is 3.11. The van der Waals surface area contributed by atoms with Gasteiger partial charge in [-0.05, 0) is 61.9 Å². The second-order valence-corrected chi connectivity index (χ2v) is 8.66. The van der Waals surface area contributed by atoms with E-state index in [-0.39, 0.29) is 23.1 Å². The Labute approximate surface area is 168 Å². The molecule has 1 atom stereocenters. The third-order valence-electron chi connectivity index (χ3n) is 6.43. The molecule has 1 unspecified atom stereocenters. The minimum Gasteiger partial charge on any atom is -0.369 e. The van der Waals surface area contributed by atoms with Gasteiger partial charge in [-0.25, -0.2) is 0 Å². The van der Waals surface area contributed by atoms with Gasteiger partial charge in [0.15, 0.2) is 0 Å². The van der Waals surface area contributed by atoms with E-state index in [0.717, 1.165) is 51.0 Å². The van der Waals surface area contributed by atoms with Gasteiger partial charge in [-0.2, -0.15) is 0 Å². The highest BCUT2D eigenvalue weighted by Gasteiger charge is 2.33. The van der Waals surface area contributed by atoms with Gasteiger partial charge in [0.05, 0.1) is 5.92 Å². The first-order chi connectivity index (χ1) is 13.5. The third-order valence-corrected chi connectivity index (χ3v) is 6.43. The predicted molar refractivity (Wildman–Crippen MR) is 111 cm³/mol. The van der Waals surface area contributed by atoms with Crippen molar-refractivity contribution in [1.82, 2.24) is 4.90 Å². The Morgan fingerprint density at radius 3 is 2.46 bits per heavy atom. The predicted octanol–water partition coefficient (Wildman–Crippen LogP) is 2.62. The van der Waals surface area contributed by atoms with Crippen LogP contribution in [0.4, 0.5) is 5.69 Å². The number of nitrogens with one attached hydrogen (secondary N) is 1. The number of piperidine rings is 1. The highest BCUT2D eigenvalue weighted by Crippen LogP contribution is 2.38. The van der Waals surface area contributed by atoms with Gasteiger partial charge in [0, 0.05) is 25.2 Å². The lowest BCUT2D eigenvalue weighted by Gasteiger charge is -2.35. The molecule has 154 valence electrons. The maximum Gasteiger partial charge on any atom is 0.224 e. The van der Waals surface area contributed by atoms with Crippen LogP contribution in [-0.4, -0.2) is 36.3 Å². The molecule has 0 spiro atoms. The number of carbonyl (C=O) groups is 2. The van der Waals surface area contributed by atoms with Crippen molar-refractivity contribution in [2.45, 2.75) is 57.9 Å². The Kier molecular flexibility index (Phi) is 7.08. The molecule has 3 rings (SSSR count). The largest absolute Gasteiger partial charge is 0.369 e. The van der Waals surface area contributed by atoms with Crippen molar-refractivity contribution in [3.63, 3.8) is 0 Å². The van der Waals surface area contributed by atoms with Crippen molar-refractivity contribution in [1.29, 1.82) is 0 Å². The molecule has 6 heteroatoms. The van der Waals surface area contributed by atoms with Crippen molar-refractivity contribution < 1.29 is 9.59 Å². The number of benzene rings is 1. The number of likely N-dealkylation sites (tertiary alicyclic amines) is 1. The van der Waals surface area contributed by atoms with E-state index >= 15 is 0 Å². The van der Waals surface area contributed by atoms with Gasteiger partial charge in [0.25, 0.3) is 0 Å². The third kappa shape index (κ3) is 5.55. The molecule has 28 heavy (non-hydrogen) atoms. The number of nitrogens with two attached hydrogens (primary N) is 2. The Morgan fingerprint density at radius 2 is 1.82 bits per heavy atom. The molecular formula is C22H34N4O2. The smallest absolute Gasteiger partial charge is 0.224 e. The van der Waals surface area contributed by atoms with Crippen LogP contribution >= 0.6 is 0 Å². The molecule has 1 aromatic rings. The number of hydrogen-bond acceptors (Lipinski definition) is 4. The van der Waals surface area contributed by atoms with E-state index in [4.69, 9.17) is 11.5 Å². The van der Waals surface area contributed by atoms with E-state index < -0.39 is 0 Å². The maximum absolute atomic E-state index is 12.5. The van der Waals surface area contributed by atoms with Crippen LogP contribution in [0, 0.1) is 11.3 Å². The normalized spacial score (nSPS) is 22.5. The molecule has 1 aliphatic carbocycles. The quantitative estimate of drug-likeness (QED) is 0.670. The Balaban J connectivity index is 1.51. The summed E-state index contributed by atoms with van der Waals surface area (Å²) in [5.74, 6) is -0.182. The highest BCUT2D eigenvalue weighted by atomic mass is 16.2. The molecule has 1 heterocycles. The fourth-order valence-electron chi connectivity index (χ4n) is 4.68. The molecule has 0 radical (unpaired) electrons. The van der Waals surface area contributed by atoms with Crippen molar-refractivity contribution >= 4 is 17.5 Å². The summed E-state index contributed by atoms with van der Waals surface area (Å²) in [7, 11) is 0. The average molecular weight is 387 g/mol. The van der Waals surface area contributed by atoms with Crippen LogP contribution in [-0.2, 0) is 16.1 Å². The van der Waals surface area contributed by atoms with Gasteiger partial charge < -0.3 is 16.8 Å². The standard InChI is InChI=1S/C22H34N4O2/c23-16-22(10-2-1-3-11-22)13-20(27)25-19-8-6-17(7-9-19)14-26-12-4-5-18(15-26)21(24)28/h6-9,18H,1-5,10-16,23H2,(H2,24,28)(H,25,27). The lowest BCUT2D eigenvalue weighted by molar-refractivity contribution is -0.123.